The molecule has 1 aromatic carbocycles. The van der Waals surface area contributed by atoms with Gasteiger partial charge in [0.05, 0.1) is 5.54 Å². The average molecular weight is 287 g/mol. The first-order valence-corrected chi connectivity index (χ1v) is 7.36. The Morgan fingerprint density at radius 1 is 1.57 bits per heavy atom. The zero-order valence-electron chi connectivity index (χ0n) is 12.3. The lowest BCUT2D eigenvalue weighted by Crippen LogP contribution is -2.50. The summed E-state index contributed by atoms with van der Waals surface area (Å²) in [5.41, 5.74) is 0.248. The molecule has 21 heavy (non-hydrogen) atoms. The molecular formula is C16H21N3O2. The highest BCUT2D eigenvalue weighted by molar-refractivity contribution is 5.98. The van der Waals surface area contributed by atoms with Gasteiger partial charge in [0.15, 0.2) is 6.61 Å². The van der Waals surface area contributed by atoms with Gasteiger partial charge in [0.25, 0.3) is 0 Å². The maximum atomic E-state index is 12.6. The average Bonchev–Trinajstić information content (AvgIpc) is 2.96. The number of carbonyl (C=O) groups is 1. The molecule has 112 valence electrons. The van der Waals surface area contributed by atoms with Crippen molar-refractivity contribution in [3.63, 3.8) is 0 Å². The lowest BCUT2D eigenvalue weighted by Gasteiger charge is -2.27. The molecule has 0 aliphatic carbocycles. The largest absolute Gasteiger partial charge is 0.479 e. The van der Waals surface area contributed by atoms with E-state index in [2.05, 4.69) is 17.6 Å². The number of nitrogens with one attached hydrogen (secondary N) is 2. The number of nitrogens with zero attached hydrogens (tertiary/aromatic N) is 1. The van der Waals surface area contributed by atoms with E-state index in [4.69, 9.17) is 10.00 Å². The van der Waals surface area contributed by atoms with Gasteiger partial charge in [0.1, 0.15) is 11.8 Å². The van der Waals surface area contributed by atoms with Crippen molar-refractivity contribution in [1.82, 2.24) is 5.32 Å². The fourth-order valence-corrected chi connectivity index (χ4v) is 2.78. The molecule has 0 saturated carbocycles. The van der Waals surface area contributed by atoms with Crippen LogP contribution >= 0.6 is 0 Å². The van der Waals surface area contributed by atoms with Gasteiger partial charge in [-0.1, -0.05) is 19.4 Å². The van der Waals surface area contributed by atoms with Crippen LogP contribution in [0.15, 0.2) is 24.3 Å². The van der Waals surface area contributed by atoms with E-state index >= 15 is 0 Å². The number of ether oxygens (including phenoxy) is 1. The first kappa shape index (κ1) is 15.3. The van der Waals surface area contributed by atoms with Crippen LogP contribution in [-0.2, 0) is 4.79 Å². The summed E-state index contributed by atoms with van der Waals surface area (Å²) >= 11 is 0. The zero-order chi connectivity index (χ0) is 15.1. The number of amides is 1. The highest BCUT2D eigenvalue weighted by Crippen LogP contribution is 2.27. The van der Waals surface area contributed by atoms with E-state index in [9.17, 15) is 4.79 Å². The van der Waals surface area contributed by atoms with Crippen LogP contribution in [0.4, 0.5) is 5.69 Å². The Labute approximate surface area is 125 Å². The Morgan fingerprint density at radius 3 is 3.10 bits per heavy atom. The van der Waals surface area contributed by atoms with Crippen LogP contribution in [0.2, 0.25) is 0 Å². The number of hydrogen-bond donors (Lipinski definition) is 2. The summed E-state index contributed by atoms with van der Waals surface area (Å²) in [5, 5.41) is 14.8. The van der Waals surface area contributed by atoms with Crippen LogP contribution in [0, 0.1) is 11.3 Å². The van der Waals surface area contributed by atoms with Crippen LogP contribution in [-0.4, -0.2) is 24.6 Å². The van der Waals surface area contributed by atoms with Crippen molar-refractivity contribution in [2.75, 3.05) is 18.5 Å². The molecular weight excluding hydrogens is 266 g/mol. The predicted octanol–water partition coefficient (Wildman–Crippen LogP) is 2.45. The second kappa shape index (κ2) is 7.09. The van der Waals surface area contributed by atoms with Gasteiger partial charge in [-0.25, -0.2) is 0 Å². The Hall–Kier alpha value is -2.06. The van der Waals surface area contributed by atoms with Crippen molar-refractivity contribution in [1.29, 1.82) is 5.26 Å². The van der Waals surface area contributed by atoms with Crippen molar-refractivity contribution in [2.45, 2.75) is 38.1 Å². The first-order chi connectivity index (χ1) is 10.2. The van der Waals surface area contributed by atoms with E-state index < -0.39 is 5.54 Å². The molecule has 0 spiro atoms. The van der Waals surface area contributed by atoms with E-state index in [-0.39, 0.29) is 12.5 Å². The fraction of sp³-hybridized carbons (Fsp3) is 0.500. The van der Waals surface area contributed by atoms with Crippen LogP contribution in [0.25, 0.3) is 0 Å². The second-order valence-electron chi connectivity index (χ2n) is 5.29. The molecule has 1 amide bonds. The number of hydrogen-bond acceptors (Lipinski definition) is 4. The van der Waals surface area contributed by atoms with Gasteiger partial charge in [0.2, 0.25) is 5.91 Å². The SMILES string of the molecule is CCCC1(C(=O)Nc2cccc(OCC#N)c2)CCCN1. The lowest BCUT2D eigenvalue weighted by atomic mass is 9.91. The quantitative estimate of drug-likeness (QED) is 0.843. The Balaban J connectivity index is 2.06. The van der Waals surface area contributed by atoms with E-state index in [1.165, 1.54) is 0 Å². The lowest BCUT2D eigenvalue weighted by molar-refractivity contribution is -0.122. The molecule has 1 aromatic rings. The van der Waals surface area contributed by atoms with Gasteiger partial charge in [-0.3, -0.25) is 4.79 Å². The Morgan fingerprint density at radius 2 is 2.43 bits per heavy atom. The van der Waals surface area contributed by atoms with Gasteiger partial charge in [-0.2, -0.15) is 5.26 Å². The molecule has 0 radical (unpaired) electrons. The fourth-order valence-electron chi connectivity index (χ4n) is 2.78. The van der Waals surface area contributed by atoms with Crippen molar-refractivity contribution in [3.8, 4) is 11.8 Å². The van der Waals surface area contributed by atoms with Crippen molar-refractivity contribution < 1.29 is 9.53 Å². The van der Waals surface area contributed by atoms with Crippen molar-refractivity contribution in [2.24, 2.45) is 0 Å². The maximum absolute atomic E-state index is 12.6. The molecule has 1 heterocycles. The van der Waals surface area contributed by atoms with Gasteiger partial charge in [-0.15, -0.1) is 0 Å². The summed E-state index contributed by atoms with van der Waals surface area (Å²) in [6.07, 6.45) is 3.70. The van der Waals surface area contributed by atoms with E-state index in [1.807, 2.05) is 12.1 Å². The molecule has 1 atom stereocenters. The molecule has 1 aliphatic rings. The zero-order valence-corrected chi connectivity index (χ0v) is 12.3. The molecule has 2 N–H and O–H groups in total. The predicted molar refractivity (Wildman–Crippen MR) is 81.1 cm³/mol. The molecule has 0 aromatic heterocycles. The number of rotatable bonds is 6. The normalized spacial score (nSPS) is 20.8. The summed E-state index contributed by atoms with van der Waals surface area (Å²) in [6.45, 7) is 2.98. The molecule has 5 nitrogen and oxygen atoms in total. The standard InChI is InChI=1S/C16H21N3O2/c1-2-7-16(8-4-10-18-16)15(20)19-13-5-3-6-14(12-13)21-11-9-17/h3,5-6,12,18H,2,4,7-8,10-11H2,1H3,(H,19,20). The van der Waals surface area contributed by atoms with Crippen LogP contribution < -0.4 is 15.4 Å². The number of carbonyl (C=O) groups excluding carboxylic acids is 1. The monoisotopic (exact) mass is 287 g/mol. The summed E-state index contributed by atoms with van der Waals surface area (Å²) < 4.78 is 5.25. The highest BCUT2D eigenvalue weighted by Gasteiger charge is 2.39. The third-order valence-corrected chi connectivity index (χ3v) is 3.75. The third-order valence-electron chi connectivity index (χ3n) is 3.75. The molecule has 0 bridgehead atoms. The van der Waals surface area contributed by atoms with Gasteiger partial charge in [0, 0.05) is 11.8 Å². The summed E-state index contributed by atoms with van der Waals surface area (Å²) in [4.78, 5) is 12.6. The Bertz CT molecular complexity index is 531. The smallest absolute Gasteiger partial charge is 0.244 e. The van der Waals surface area contributed by atoms with Gasteiger partial charge in [-0.05, 0) is 37.9 Å². The van der Waals surface area contributed by atoms with Crippen LogP contribution in [0.1, 0.15) is 32.6 Å². The van der Waals surface area contributed by atoms with Gasteiger partial charge >= 0.3 is 0 Å². The van der Waals surface area contributed by atoms with Crippen molar-refractivity contribution in [3.05, 3.63) is 24.3 Å². The number of benzene rings is 1. The van der Waals surface area contributed by atoms with E-state index in [0.29, 0.717) is 11.4 Å². The molecule has 5 heteroatoms. The maximum Gasteiger partial charge on any atom is 0.244 e. The topological polar surface area (TPSA) is 74.1 Å². The molecule has 2 rings (SSSR count). The summed E-state index contributed by atoms with van der Waals surface area (Å²) in [5.74, 6) is 0.595. The molecule has 1 unspecified atom stereocenters. The number of nitriles is 1. The minimum Gasteiger partial charge on any atom is -0.479 e. The molecule has 1 aliphatic heterocycles. The molecule has 1 fully saturated rings. The van der Waals surface area contributed by atoms with Gasteiger partial charge < -0.3 is 15.4 Å². The van der Waals surface area contributed by atoms with Crippen LogP contribution in [0.5, 0.6) is 5.75 Å². The Kier molecular flexibility index (Phi) is 5.18. The minimum absolute atomic E-state index is 0.00126. The third kappa shape index (κ3) is 3.73. The summed E-state index contributed by atoms with van der Waals surface area (Å²) in [7, 11) is 0. The first-order valence-electron chi connectivity index (χ1n) is 7.36. The van der Waals surface area contributed by atoms with E-state index in [1.54, 1.807) is 18.2 Å². The molecule has 1 saturated heterocycles. The summed E-state index contributed by atoms with van der Waals surface area (Å²) in [6, 6.07) is 9.06. The minimum atomic E-state index is -0.446. The number of anilines is 1. The van der Waals surface area contributed by atoms with Crippen molar-refractivity contribution >= 4 is 11.6 Å². The van der Waals surface area contributed by atoms with Crippen LogP contribution in [0.3, 0.4) is 0 Å². The van der Waals surface area contributed by atoms with E-state index in [0.717, 1.165) is 32.2 Å². The highest BCUT2D eigenvalue weighted by atomic mass is 16.5. The second-order valence-corrected chi connectivity index (χ2v) is 5.29.